The van der Waals surface area contributed by atoms with E-state index in [0.717, 1.165) is 67.5 Å². The molecular weight excluding hydrogens is 474 g/mol. The molecule has 194 valence electrons. The third-order valence-corrected chi connectivity index (χ3v) is 8.11. The van der Waals surface area contributed by atoms with E-state index >= 15 is 0 Å². The molecule has 2 fully saturated rings. The molecule has 2 aliphatic rings. The van der Waals surface area contributed by atoms with Crippen LogP contribution in [-0.4, -0.2) is 41.4 Å². The van der Waals surface area contributed by atoms with Crippen LogP contribution >= 0.6 is 11.6 Å². The molecule has 36 heavy (non-hydrogen) atoms. The molecule has 2 amide bonds. The normalized spacial score (nSPS) is 20.1. The summed E-state index contributed by atoms with van der Waals surface area (Å²) in [4.78, 5) is 33.5. The number of nitrogens with zero attached hydrogens (tertiary/aromatic N) is 2. The maximum absolute atomic E-state index is 14.0. The Morgan fingerprint density at radius 2 is 1.92 bits per heavy atom. The molecule has 7 heteroatoms. The van der Waals surface area contributed by atoms with Gasteiger partial charge in [-0.3, -0.25) is 14.6 Å². The van der Waals surface area contributed by atoms with Gasteiger partial charge in [-0.05, 0) is 73.9 Å². The van der Waals surface area contributed by atoms with Crippen LogP contribution in [0.3, 0.4) is 0 Å². The Balaban J connectivity index is 1.61. The molecule has 0 bridgehead atoms. The number of carbonyl (C=O) groups is 2. The minimum Gasteiger partial charge on any atom is -0.496 e. The second kappa shape index (κ2) is 12.1. The molecule has 1 aromatic heterocycles. The third kappa shape index (κ3) is 5.86. The van der Waals surface area contributed by atoms with Crippen LogP contribution in [0.5, 0.6) is 5.75 Å². The predicted molar refractivity (Wildman–Crippen MR) is 143 cm³/mol. The number of hydrogen-bond acceptors (Lipinski definition) is 4. The average Bonchev–Trinajstić information content (AvgIpc) is 3.41. The number of likely N-dealkylation sites (tertiary alicyclic amines) is 1. The summed E-state index contributed by atoms with van der Waals surface area (Å²) >= 11 is 6.28. The molecule has 0 radical (unpaired) electrons. The lowest BCUT2D eigenvalue weighted by atomic mass is 9.83. The minimum absolute atomic E-state index is 0.0228. The zero-order chi connectivity index (χ0) is 25.7. The number of hydrogen-bond donors (Lipinski definition) is 1. The van der Waals surface area contributed by atoms with Gasteiger partial charge in [0.15, 0.2) is 0 Å². The fourth-order valence-corrected chi connectivity index (χ4v) is 5.72. The molecule has 1 aliphatic heterocycles. The van der Waals surface area contributed by atoms with Crippen molar-refractivity contribution in [3.05, 3.63) is 47.2 Å². The third-order valence-electron chi connectivity index (χ3n) is 7.88. The fourth-order valence-electron chi connectivity index (χ4n) is 5.55. The summed E-state index contributed by atoms with van der Waals surface area (Å²) in [6.07, 6.45) is 9.71. The van der Waals surface area contributed by atoms with E-state index in [4.69, 9.17) is 16.3 Å². The summed E-state index contributed by atoms with van der Waals surface area (Å²) in [7, 11) is 1.64. The lowest BCUT2D eigenvalue weighted by Crippen LogP contribution is -2.53. The number of rotatable bonds is 8. The molecule has 3 atom stereocenters. The number of benzene rings is 1. The maximum Gasteiger partial charge on any atom is 0.246 e. The molecule has 3 unspecified atom stereocenters. The predicted octanol–water partition coefficient (Wildman–Crippen LogP) is 6.19. The summed E-state index contributed by atoms with van der Waals surface area (Å²) < 4.78 is 5.56. The number of halogens is 1. The van der Waals surface area contributed by atoms with Crippen molar-refractivity contribution >= 4 is 23.4 Å². The summed E-state index contributed by atoms with van der Waals surface area (Å²) in [5.41, 5.74) is 2.70. The first-order valence-corrected chi connectivity index (χ1v) is 13.7. The Hall–Kier alpha value is -2.60. The molecule has 1 aliphatic carbocycles. The van der Waals surface area contributed by atoms with Gasteiger partial charge in [0.25, 0.3) is 0 Å². The van der Waals surface area contributed by atoms with Crippen LogP contribution in [0.15, 0.2) is 36.5 Å². The monoisotopic (exact) mass is 511 g/mol. The molecule has 2 heterocycles. The van der Waals surface area contributed by atoms with Crippen LogP contribution in [0, 0.1) is 11.8 Å². The van der Waals surface area contributed by atoms with Crippen molar-refractivity contribution < 1.29 is 14.3 Å². The molecule has 1 saturated heterocycles. The van der Waals surface area contributed by atoms with Crippen molar-refractivity contribution in [2.75, 3.05) is 13.7 Å². The van der Waals surface area contributed by atoms with Crippen LogP contribution in [0.25, 0.3) is 11.1 Å². The van der Waals surface area contributed by atoms with E-state index in [-0.39, 0.29) is 29.7 Å². The number of amides is 2. The second-order valence-corrected chi connectivity index (χ2v) is 10.6. The van der Waals surface area contributed by atoms with E-state index < -0.39 is 6.04 Å². The fraction of sp³-hybridized carbons (Fsp3) is 0.552. The number of ether oxygens (including phenoxy) is 1. The summed E-state index contributed by atoms with van der Waals surface area (Å²) in [5, 5.41) is 3.80. The van der Waals surface area contributed by atoms with Gasteiger partial charge < -0.3 is 15.0 Å². The summed E-state index contributed by atoms with van der Waals surface area (Å²) in [6.45, 7) is 4.61. The van der Waals surface area contributed by atoms with Crippen molar-refractivity contribution in [2.24, 2.45) is 11.8 Å². The lowest BCUT2D eigenvalue weighted by Gasteiger charge is -2.35. The van der Waals surface area contributed by atoms with Crippen LogP contribution in [0.2, 0.25) is 5.02 Å². The molecule has 0 spiro atoms. The van der Waals surface area contributed by atoms with Gasteiger partial charge in [-0.1, -0.05) is 44.7 Å². The van der Waals surface area contributed by atoms with Gasteiger partial charge in [0, 0.05) is 29.2 Å². The highest BCUT2D eigenvalue weighted by molar-refractivity contribution is 6.31. The molecule has 4 rings (SSSR count). The number of carbonyl (C=O) groups excluding carboxylic acids is 2. The van der Waals surface area contributed by atoms with Crippen molar-refractivity contribution in [1.29, 1.82) is 0 Å². The molecule has 1 saturated carbocycles. The lowest BCUT2D eigenvalue weighted by molar-refractivity contribution is -0.140. The first-order valence-electron chi connectivity index (χ1n) is 13.3. The quantitative estimate of drug-likeness (QED) is 0.459. The van der Waals surface area contributed by atoms with E-state index in [1.807, 2.05) is 49.1 Å². The number of methoxy groups -OCH3 is 1. The van der Waals surface area contributed by atoms with Crippen molar-refractivity contribution in [2.45, 2.75) is 77.3 Å². The molecule has 6 nitrogen and oxygen atoms in total. The zero-order valence-corrected chi connectivity index (χ0v) is 22.4. The number of aromatic nitrogens is 1. The largest absolute Gasteiger partial charge is 0.496 e. The highest BCUT2D eigenvalue weighted by Crippen LogP contribution is 2.37. The first-order chi connectivity index (χ1) is 17.4. The highest BCUT2D eigenvalue weighted by atomic mass is 35.5. The van der Waals surface area contributed by atoms with E-state index in [1.54, 1.807) is 13.3 Å². The molecule has 1 aromatic carbocycles. The molecule has 1 N–H and O–H groups in total. The summed E-state index contributed by atoms with van der Waals surface area (Å²) in [5.74, 6) is 0.833. The zero-order valence-electron chi connectivity index (χ0n) is 21.6. The van der Waals surface area contributed by atoms with E-state index in [2.05, 4.69) is 10.3 Å². The second-order valence-electron chi connectivity index (χ2n) is 10.2. The van der Waals surface area contributed by atoms with Gasteiger partial charge in [-0.2, -0.15) is 0 Å². The Bertz CT molecular complexity index is 1070. The van der Waals surface area contributed by atoms with Crippen LogP contribution in [0.4, 0.5) is 0 Å². The van der Waals surface area contributed by atoms with Crippen molar-refractivity contribution in [3.63, 3.8) is 0 Å². The van der Waals surface area contributed by atoms with Crippen molar-refractivity contribution in [1.82, 2.24) is 15.2 Å². The van der Waals surface area contributed by atoms with Crippen LogP contribution < -0.4 is 10.1 Å². The van der Waals surface area contributed by atoms with Crippen LogP contribution in [0.1, 0.15) is 76.9 Å². The topological polar surface area (TPSA) is 71.5 Å². The summed E-state index contributed by atoms with van der Waals surface area (Å²) in [6, 6.07) is 8.95. The van der Waals surface area contributed by atoms with E-state index in [0.29, 0.717) is 11.6 Å². The highest BCUT2D eigenvalue weighted by Gasteiger charge is 2.39. The number of pyridine rings is 1. The molecular formula is C29H38ClN3O3. The standard InChI is InChI=1S/C29H38ClN3O3/c1-4-19(2)28(34)32-27(20-9-6-5-7-10-20)29(35)33-16-8-11-25(33)24-17-21(14-15-31-24)23-18-22(30)12-13-26(23)36-3/h12-15,17-20,25,27H,4-11,16H2,1-3H3,(H,32,34). The SMILES string of the molecule is CCC(C)C(=O)NC(C(=O)N1CCCC1c1cc(-c2cc(Cl)ccc2OC)ccn1)C1CCCCC1. The van der Waals surface area contributed by atoms with Gasteiger partial charge >= 0.3 is 0 Å². The Morgan fingerprint density at radius 1 is 1.14 bits per heavy atom. The number of nitrogens with one attached hydrogen (secondary N) is 1. The van der Waals surface area contributed by atoms with Crippen LogP contribution in [-0.2, 0) is 9.59 Å². The Labute approximate surface area is 219 Å². The van der Waals surface area contributed by atoms with Gasteiger partial charge in [0.05, 0.1) is 18.8 Å². The van der Waals surface area contributed by atoms with Gasteiger partial charge in [0.1, 0.15) is 11.8 Å². The van der Waals surface area contributed by atoms with Gasteiger partial charge in [-0.15, -0.1) is 0 Å². The Morgan fingerprint density at radius 3 is 2.64 bits per heavy atom. The smallest absolute Gasteiger partial charge is 0.246 e. The Kier molecular flexibility index (Phi) is 8.89. The first kappa shape index (κ1) is 26.5. The maximum atomic E-state index is 14.0. The van der Waals surface area contributed by atoms with E-state index in [9.17, 15) is 9.59 Å². The van der Waals surface area contributed by atoms with E-state index in [1.165, 1.54) is 6.42 Å². The van der Waals surface area contributed by atoms with Crippen molar-refractivity contribution in [3.8, 4) is 16.9 Å². The van der Waals surface area contributed by atoms with Gasteiger partial charge in [0.2, 0.25) is 11.8 Å². The average molecular weight is 512 g/mol. The molecule has 2 aromatic rings. The van der Waals surface area contributed by atoms with Gasteiger partial charge in [-0.25, -0.2) is 0 Å². The minimum atomic E-state index is -0.469.